The first kappa shape index (κ1) is 18.1. The molecule has 138 valence electrons. The minimum Gasteiger partial charge on any atom is -0.450 e. The summed E-state index contributed by atoms with van der Waals surface area (Å²) in [5.41, 5.74) is 2.92. The second kappa shape index (κ2) is 8.12. The highest BCUT2D eigenvalue weighted by atomic mass is 16.5. The average Bonchev–Trinajstić information content (AvgIpc) is 2.65. The number of aromatic nitrogens is 3. The Morgan fingerprint density at radius 3 is 2.96 bits per heavy atom. The molecule has 1 aliphatic heterocycles. The van der Waals surface area contributed by atoms with E-state index in [1.54, 1.807) is 19.3 Å². The minimum absolute atomic E-state index is 0.0549. The van der Waals surface area contributed by atoms with Crippen LogP contribution in [0.1, 0.15) is 31.0 Å². The molecule has 0 aliphatic carbocycles. The summed E-state index contributed by atoms with van der Waals surface area (Å²) in [5, 5.41) is 2.94. The molecule has 0 spiro atoms. The highest BCUT2D eigenvalue weighted by Gasteiger charge is 2.25. The number of ether oxygens (including phenoxy) is 1. The molecule has 1 saturated heterocycles. The molecule has 7 heteroatoms. The van der Waals surface area contributed by atoms with Gasteiger partial charge in [0.25, 0.3) is 0 Å². The van der Waals surface area contributed by atoms with Crippen LogP contribution in [0.4, 0.5) is 10.6 Å². The molecular formula is C19H25N5O2. The van der Waals surface area contributed by atoms with Gasteiger partial charge in [-0.3, -0.25) is 4.98 Å². The smallest absolute Gasteiger partial charge is 0.407 e. The first-order valence-corrected chi connectivity index (χ1v) is 9.02. The summed E-state index contributed by atoms with van der Waals surface area (Å²) in [7, 11) is 0. The van der Waals surface area contributed by atoms with E-state index in [-0.39, 0.29) is 12.1 Å². The third-order valence-corrected chi connectivity index (χ3v) is 4.60. The molecule has 2 aromatic heterocycles. The van der Waals surface area contributed by atoms with E-state index in [1.807, 2.05) is 26.0 Å². The lowest BCUT2D eigenvalue weighted by Gasteiger charge is -2.34. The number of aryl methyl sites for hydroxylation is 1. The van der Waals surface area contributed by atoms with Gasteiger partial charge in [0.1, 0.15) is 5.82 Å². The summed E-state index contributed by atoms with van der Waals surface area (Å²) in [4.78, 5) is 27.5. The average molecular weight is 355 g/mol. The molecular weight excluding hydrogens is 330 g/mol. The van der Waals surface area contributed by atoms with Gasteiger partial charge in [-0.05, 0) is 45.7 Å². The summed E-state index contributed by atoms with van der Waals surface area (Å²) in [6.45, 7) is 7.84. The lowest BCUT2D eigenvalue weighted by molar-refractivity contribution is 0.146. The predicted molar refractivity (Wildman–Crippen MR) is 100 cm³/mol. The van der Waals surface area contributed by atoms with E-state index in [4.69, 9.17) is 9.72 Å². The van der Waals surface area contributed by atoms with Crippen LogP contribution in [0, 0.1) is 13.8 Å². The number of anilines is 1. The van der Waals surface area contributed by atoms with E-state index >= 15 is 0 Å². The highest BCUT2D eigenvalue weighted by Crippen LogP contribution is 2.26. The fraction of sp³-hybridized carbons (Fsp3) is 0.474. The minimum atomic E-state index is -0.356. The molecule has 1 fully saturated rings. The van der Waals surface area contributed by atoms with E-state index in [0.717, 1.165) is 42.0 Å². The van der Waals surface area contributed by atoms with Gasteiger partial charge in [0, 0.05) is 48.3 Å². The fourth-order valence-electron chi connectivity index (χ4n) is 3.17. The lowest BCUT2D eigenvalue weighted by atomic mass is 10.0. The molecule has 0 saturated carbocycles. The van der Waals surface area contributed by atoms with E-state index < -0.39 is 0 Å². The summed E-state index contributed by atoms with van der Waals surface area (Å²) in [6, 6.07) is 3.90. The molecule has 3 rings (SSSR count). The summed E-state index contributed by atoms with van der Waals surface area (Å²) in [6.07, 6.45) is 5.08. The molecule has 1 amide bonds. The van der Waals surface area contributed by atoms with Gasteiger partial charge < -0.3 is 15.0 Å². The third-order valence-electron chi connectivity index (χ3n) is 4.60. The Balaban J connectivity index is 1.83. The normalized spacial score (nSPS) is 17.0. The van der Waals surface area contributed by atoms with Crippen LogP contribution >= 0.6 is 0 Å². The molecule has 3 heterocycles. The van der Waals surface area contributed by atoms with Gasteiger partial charge >= 0.3 is 6.09 Å². The van der Waals surface area contributed by atoms with Crippen LogP contribution in [0.5, 0.6) is 0 Å². The molecule has 0 aromatic carbocycles. The van der Waals surface area contributed by atoms with Crippen molar-refractivity contribution in [1.82, 2.24) is 20.3 Å². The molecule has 2 aromatic rings. The Morgan fingerprint density at radius 1 is 1.38 bits per heavy atom. The standard InChI is InChI=1S/C19H25N5O2/c1-4-26-19(25)22-16-8-6-10-24(12-16)18-13(2)14(3)21-17(23-18)15-7-5-9-20-11-15/h5,7,9,11,16H,4,6,8,10,12H2,1-3H3,(H,22,25). The fourth-order valence-corrected chi connectivity index (χ4v) is 3.17. The number of rotatable bonds is 4. The number of hydrogen-bond acceptors (Lipinski definition) is 6. The van der Waals surface area contributed by atoms with Crippen molar-refractivity contribution < 1.29 is 9.53 Å². The number of carbonyl (C=O) groups is 1. The van der Waals surface area contributed by atoms with Crippen LogP contribution in [-0.4, -0.2) is 46.8 Å². The third kappa shape index (κ3) is 4.09. The van der Waals surface area contributed by atoms with E-state index in [0.29, 0.717) is 19.0 Å². The number of amides is 1. The molecule has 1 atom stereocenters. The summed E-state index contributed by atoms with van der Waals surface area (Å²) in [5.74, 6) is 1.60. The summed E-state index contributed by atoms with van der Waals surface area (Å²) < 4.78 is 5.00. The first-order valence-electron chi connectivity index (χ1n) is 9.02. The van der Waals surface area contributed by atoms with E-state index in [9.17, 15) is 4.79 Å². The quantitative estimate of drug-likeness (QED) is 0.908. The summed E-state index contributed by atoms with van der Waals surface area (Å²) >= 11 is 0. The molecule has 0 bridgehead atoms. The van der Waals surface area contributed by atoms with Crippen molar-refractivity contribution in [2.45, 2.75) is 39.7 Å². The van der Waals surface area contributed by atoms with Gasteiger partial charge in [-0.1, -0.05) is 0 Å². The zero-order valence-corrected chi connectivity index (χ0v) is 15.5. The Labute approximate surface area is 153 Å². The van der Waals surface area contributed by atoms with Crippen LogP contribution < -0.4 is 10.2 Å². The van der Waals surface area contributed by atoms with Crippen molar-refractivity contribution in [2.75, 3.05) is 24.6 Å². The zero-order chi connectivity index (χ0) is 18.5. The van der Waals surface area contributed by atoms with Crippen LogP contribution in [0.25, 0.3) is 11.4 Å². The van der Waals surface area contributed by atoms with E-state index in [1.165, 1.54) is 0 Å². The van der Waals surface area contributed by atoms with Gasteiger partial charge in [-0.25, -0.2) is 14.8 Å². The number of carbonyl (C=O) groups excluding carboxylic acids is 1. The van der Waals surface area contributed by atoms with Crippen LogP contribution in [0.2, 0.25) is 0 Å². The second-order valence-corrected chi connectivity index (χ2v) is 6.47. The second-order valence-electron chi connectivity index (χ2n) is 6.47. The van der Waals surface area contributed by atoms with Crippen molar-refractivity contribution >= 4 is 11.9 Å². The Kier molecular flexibility index (Phi) is 5.65. The maximum atomic E-state index is 11.7. The largest absolute Gasteiger partial charge is 0.450 e. The molecule has 26 heavy (non-hydrogen) atoms. The molecule has 1 aliphatic rings. The molecule has 0 radical (unpaired) electrons. The van der Waals surface area contributed by atoms with Crippen LogP contribution in [-0.2, 0) is 4.74 Å². The lowest BCUT2D eigenvalue weighted by Crippen LogP contribution is -2.48. The van der Waals surface area contributed by atoms with Crippen LogP contribution in [0.3, 0.4) is 0 Å². The maximum absolute atomic E-state index is 11.7. The SMILES string of the molecule is CCOC(=O)NC1CCCN(c2nc(-c3cccnc3)nc(C)c2C)C1. The Hall–Kier alpha value is -2.70. The Morgan fingerprint density at radius 2 is 2.23 bits per heavy atom. The van der Waals surface area contributed by atoms with Crippen molar-refractivity contribution in [3.05, 3.63) is 35.8 Å². The Bertz CT molecular complexity index is 766. The van der Waals surface area contributed by atoms with Gasteiger partial charge in [0.2, 0.25) is 0 Å². The maximum Gasteiger partial charge on any atom is 0.407 e. The number of alkyl carbamates (subject to hydrolysis) is 1. The predicted octanol–water partition coefficient (Wildman–Crippen LogP) is 2.87. The van der Waals surface area contributed by atoms with Crippen molar-refractivity contribution in [3.63, 3.8) is 0 Å². The highest BCUT2D eigenvalue weighted by molar-refractivity contribution is 5.68. The first-order chi connectivity index (χ1) is 12.6. The van der Waals surface area contributed by atoms with Crippen LogP contribution in [0.15, 0.2) is 24.5 Å². The van der Waals surface area contributed by atoms with Gasteiger partial charge in [0.15, 0.2) is 5.82 Å². The topological polar surface area (TPSA) is 80.2 Å². The van der Waals surface area contributed by atoms with Crippen molar-refractivity contribution in [3.8, 4) is 11.4 Å². The number of nitrogens with zero attached hydrogens (tertiary/aromatic N) is 4. The molecule has 7 nitrogen and oxygen atoms in total. The van der Waals surface area contributed by atoms with Gasteiger partial charge in [0.05, 0.1) is 6.61 Å². The zero-order valence-electron chi connectivity index (χ0n) is 15.5. The van der Waals surface area contributed by atoms with Crippen molar-refractivity contribution in [2.24, 2.45) is 0 Å². The number of pyridine rings is 1. The number of nitrogens with one attached hydrogen (secondary N) is 1. The van der Waals surface area contributed by atoms with E-state index in [2.05, 4.69) is 20.2 Å². The number of piperidine rings is 1. The van der Waals surface area contributed by atoms with Gasteiger partial charge in [-0.2, -0.15) is 0 Å². The molecule has 1 N–H and O–H groups in total. The monoisotopic (exact) mass is 355 g/mol. The molecule has 1 unspecified atom stereocenters. The van der Waals surface area contributed by atoms with Gasteiger partial charge in [-0.15, -0.1) is 0 Å². The van der Waals surface area contributed by atoms with Crippen molar-refractivity contribution in [1.29, 1.82) is 0 Å². The number of hydrogen-bond donors (Lipinski definition) is 1.